The molecule has 7 nitrogen and oxygen atoms in total. The molecule has 2 rings (SSSR count). The molecule has 0 spiro atoms. The van der Waals surface area contributed by atoms with E-state index in [2.05, 4.69) is 0 Å². The molecule has 8 heteroatoms. The first kappa shape index (κ1) is 21.9. The van der Waals surface area contributed by atoms with Gasteiger partial charge in [-0.25, -0.2) is 4.79 Å². The minimum absolute atomic E-state index is 0.0825. The lowest BCUT2D eigenvalue weighted by atomic mass is 9.64. The molecule has 1 N–H and O–H groups in total. The highest BCUT2D eigenvalue weighted by Crippen LogP contribution is 2.36. The van der Waals surface area contributed by atoms with Crippen molar-refractivity contribution in [3.63, 3.8) is 0 Å². The van der Waals surface area contributed by atoms with Crippen LogP contribution in [0.25, 0.3) is 0 Å². The maximum Gasteiger partial charge on any atom is 0.526 e. The third-order valence-corrected chi connectivity index (χ3v) is 4.60. The van der Waals surface area contributed by atoms with E-state index >= 15 is 0 Å². The van der Waals surface area contributed by atoms with Gasteiger partial charge in [0.2, 0.25) is 6.79 Å². The molecule has 152 valence electrons. The Balaban J connectivity index is 1.98. The van der Waals surface area contributed by atoms with Gasteiger partial charge in [0.15, 0.2) is 0 Å². The smallest absolute Gasteiger partial charge is 0.526 e. The zero-order valence-electron chi connectivity index (χ0n) is 16.4. The number of carbonyl (C=O) groups is 3. The first-order valence-electron chi connectivity index (χ1n) is 9.77. The van der Waals surface area contributed by atoms with Gasteiger partial charge in [-0.15, -0.1) is 0 Å². The van der Waals surface area contributed by atoms with Gasteiger partial charge < -0.3 is 19.2 Å². The van der Waals surface area contributed by atoms with Gasteiger partial charge >= 0.3 is 19.1 Å². The Bertz CT molecular complexity index is 704. The van der Waals surface area contributed by atoms with Crippen LogP contribution >= 0.6 is 0 Å². The summed E-state index contributed by atoms with van der Waals surface area (Å²) in [6, 6.07) is 5.00. The fourth-order valence-corrected chi connectivity index (χ4v) is 3.11. The monoisotopic (exact) mass is 390 g/mol. The molecule has 0 radical (unpaired) electrons. The second-order valence-electron chi connectivity index (χ2n) is 6.93. The molecule has 1 atom stereocenters. The van der Waals surface area contributed by atoms with Gasteiger partial charge in [0, 0.05) is 25.1 Å². The van der Waals surface area contributed by atoms with Crippen LogP contribution in [0.1, 0.15) is 68.3 Å². The fourth-order valence-electron chi connectivity index (χ4n) is 3.11. The van der Waals surface area contributed by atoms with Crippen molar-refractivity contribution >= 4 is 24.8 Å². The molecule has 0 saturated carbocycles. The van der Waals surface area contributed by atoms with Gasteiger partial charge in [0.1, 0.15) is 17.1 Å². The number of ether oxygens (including phenoxy) is 2. The SMILES string of the molecule is CCCCC(=O)OCOC(=O)c1cccc2c1OB(O)[C@@H](CC(=O)CCC)C2. The molecule has 1 heterocycles. The van der Waals surface area contributed by atoms with Gasteiger partial charge in [-0.3, -0.25) is 9.59 Å². The van der Waals surface area contributed by atoms with Gasteiger partial charge in [0.05, 0.1) is 0 Å². The lowest BCUT2D eigenvalue weighted by molar-refractivity contribution is -0.152. The molecule has 0 unspecified atom stereocenters. The molecule has 1 aliphatic rings. The van der Waals surface area contributed by atoms with Gasteiger partial charge in [-0.2, -0.15) is 0 Å². The van der Waals surface area contributed by atoms with Crippen molar-refractivity contribution in [1.82, 2.24) is 0 Å². The quantitative estimate of drug-likeness (QED) is 0.372. The number of esters is 2. The highest BCUT2D eigenvalue weighted by atomic mass is 16.7. The molecule has 0 saturated heterocycles. The third kappa shape index (κ3) is 6.09. The summed E-state index contributed by atoms with van der Waals surface area (Å²) in [4.78, 5) is 35.7. The zero-order valence-corrected chi connectivity index (χ0v) is 16.4. The molecular formula is C20H27BO7. The Morgan fingerprint density at radius 2 is 1.96 bits per heavy atom. The largest absolute Gasteiger partial charge is 0.535 e. The summed E-state index contributed by atoms with van der Waals surface area (Å²) in [7, 11) is -1.17. The second kappa shape index (κ2) is 10.9. The van der Waals surface area contributed by atoms with Crippen LogP contribution in [0, 0.1) is 0 Å². The zero-order chi connectivity index (χ0) is 20.5. The fraction of sp³-hybridized carbons (Fsp3) is 0.550. The average molecular weight is 390 g/mol. The Morgan fingerprint density at radius 3 is 2.68 bits per heavy atom. The molecule has 0 amide bonds. The van der Waals surface area contributed by atoms with Crippen molar-refractivity contribution in [2.45, 2.75) is 64.6 Å². The van der Waals surface area contributed by atoms with Crippen LogP contribution in [0.4, 0.5) is 0 Å². The number of benzene rings is 1. The van der Waals surface area contributed by atoms with Crippen molar-refractivity contribution in [2.75, 3.05) is 6.79 Å². The van der Waals surface area contributed by atoms with E-state index in [0.717, 1.165) is 18.4 Å². The Labute approximate surface area is 165 Å². The molecular weight excluding hydrogens is 363 g/mol. The summed E-state index contributed by atoms with van der Waals surface area (Å²) in [6.07, 6.45) is 3.76. The van der Waals surface area contributed by atoms with Crippen LogP contribution < -0.4 is 4.65 Å². The van der Waals surface area contributed by atoms with E-state index in [1.807, 2.05) is 13.8 Å². The molecule has 28 heavy (non-hydrogen) atoms. The number of ketones is 1. The standard InChI is InChI=1S/C20H27BO7/c1-3-5-10-18(23)26-13-27-20(24)17-9-6-8-14-11-15(12-16(22)7-4-2)21(25)28-19(14)17/h6,8-9,15,25H,3-5,7,10-13H2,1-2H3/t15-/m1/s1. The van der Waals surface area contributed by atoms with Gasteiger partial charge in [-0.1, -0.05) is 32.4 Å². The predicted octanol–water partition coefficient (Wildman–Crippen LogP) is 3.08. The summed E-state index contributed by atoms with van der Waals surface area (Å²) in [6.45, 7) is 3.42. The van der Waals surface area contributed by atoms with E-state index in [-0.39, 0.29) is 35.8 Å². The number of para-hydroxylation sites is 1. The third-order valence-electron chi connectivity index (χ3n) is 4.60. The lowest BCUT2D eigenvalue weighted by Crippen LogP contribution is -2.36. The van der Waals surface area contributed by atoms with Crippen LogP contribution in [-0.4, -0.2) is 36.7 Å². The maximum absolute atomic E-state index is 12.3. The van der Waals surface area contributed by atoms with E-state index in [1.165, 1.54) is 6.07 Å². The van der Waals surface area contributed by atoms with Crippen molar-refractivity contribution in [2.24, 2.45) is 0 Å². The summed E-state index contributed by atoms with van der Waals surface area (Å²) in [5.74, 6) is -1.14. The molecule has 0 bridgehead atoms. The summed E-state index contributed by atoms with van der Waals surface area (Å²) >= 11 is 0. The normalized spacial score (nSPS) is 15.4. The van der Waals surface area contributed by atoms with Gasteiger partial charge in [0.25, 0.3) is 0 Å². The second-order valence-corrected chi connectivity index (χ2v) is 6.93. The van der Waals surface area contributed by atoms with Crippen LogP contribution in [0.3, 0.4) is 0 Å². The van der Waals surface area contributed by atoms with E-state index in [0.29, 0.717) is 19.3 Å². The molecule has 1 aliphatic heterocycles. The molecule has 0 fully saturated rings. The number of fused-ring (bicyclic) bond motifs is 1. The highest BCUT2D eigenvalue weighted by molar-refractivity contribution is 6.47. The average Bonchev–Trinajstić information content (AvgIpc) is 2.66. The highest BCUT2D eigenvalue weighted by Gasteiger charge is 2.37. The van der Waals surface area contributed by atoms with Crippen LogP contribution in [0.5, 0.6) is 5.75 Å². The lowest BCUT2D eigenvalue weighted by Gasteiger charge is -2.28. The number of carbonyl (C=O) groups excluding carboxylic acids is 3. The number of Topliss-reactive ketones (excluding diaryl/α,β-unsaturated/α-hetero) is 1. The van der Waals surface area contributed by atoms with Crippen molar-refractivity contribution in [3.05, 3.63) is 29.3 Å². The van der Waals surface area contributed by atoms with Crippen molar-refractivity contribution < 1.29 is 33.5 Å². The summed E-state index contributed by atoms with van der Waals surface area (Å²) in [5.41, 5.74) is 0.883. The maximum atomic E-state index is 12.3. The van der Waals surface area contributed by atoms with Crippen LogP contribution in [-0.2, 0) is 25.5 Å². The Hall–Kier alpha value is -2.35. The first-order chi connectivity index (χ1) is 13.5. The first-order valence-corrected chi connectivity index (χ1v) is 9.77. The number of unbranched alkanes of at least 4 members (excludes halogenated alkanes) is 1. The van der Waals surface area contributed by atoms with Crippen LogP contribution in [0.2, 0.25) is 5.82 Å². The molecule has 0 aromatic heterocycles. The molecule has 1 aromatic rings. The Kier molecular flexibility index (Phi) is 8.51. The molecule has 1 aromatic carbocycles. The van der Waals surface area contributed by atoms with E-state index < -0.39 is 25.8 Å². The summed E-state index contributed by atoms with van der Waals surface area (Å²) < 4.78 is 15.4. The minimum atomic E-state index is -1.17. The van der Waals surface area contributed by atoms with Crippen molar-refractivity contribution in [3.8, 4) is 5.75 Å². The van der Waals surface area contributed by atoms with E-state index in [1.54, 1.807) is 12.1 Å². The van der Waals surface area contributed by atoms with E-state index in [9.17, 15) is 19.4 Å². The number of rotatable bonds is 10. The van der Waals surface area contributed by atoms with E-state index in [4.69, 9.17) is 14.1 Å². The van der Waals surface area contributed by atoms with Crippen molar-refractivity contribution in [1.29, 1.82) is 0 Å². The Morgan fingerprint density at radius 1 is 1.18 bits per heavy atom. The van der Waals surface area contributed by atoms with Crippen LogP contribution in [0.15, 0.2) is 18.2 Å². The minimum Gasteiger partial charge on any atom is -0.535 e. The summed E-state index contributed by atoms with van der Waals surface area (Å²) in [5, 5.41) is 10.3. The molecule has 0 aliphatic carbocycles. The van der Waals surface area contributed by atoms with Gasteiger partial charge in [-0.05, 0) is 30.9 Å². The number of hydrogen-bond donors (Lipinski definition) is 1. The number of hydrogen-bond acceptors (Lipinski definition) is 7. The topological polar surface area (TPSA) is 99.1 Å². The predicted molar refractivity (Wildman–Crippen MR) is 103 cm³/mol.